The van der Waals surface area contributed by atoms with Gasteiger partial charge in [-0.1, -0.05) is 24.5 Å². The van der Waals surface area contributed by atoms with Crippen molar-refractivity contribution in [3.8, 4) is 11.8 Å². The van der Waals surface area contributed by atoms with E-state index in [2.05, 4.69) is 22.1 Å². The molecule has 0 bridgehead atoms. The maximum Gasteiger partial charge on any atom is 0.255 e. The van der Waals surface area contributed by atoms with Gasteiger partial charge in [-0.2, -0.15) is 0 Å². The second kappa shape index (κ2) is 7.73. The summed E-state index contributed by atoms with van der Waals surface area (Å²) in [4.78, 5) is 31.1. The monoisotopic (exact) mass is 409 g/mol. The van der Waals surface area contributed by atoms with Crippen molar-refractivity contribution in [2.24, 2.45) is 5.41 Å². The molecule has 0 atom stereocenters. The Morgan fingerprint density at radius 3 is 2.55 bits per heavy atom. The van der Waals surface area contributed by atoms with Crippen LogP contribution >= 0.6 is 0 Å². The van der Waals surface area contributed by atoms with Crippen LogP contribution in [0.25, 0.3) is 0 Å². The molecule has 2 amide bonds. The number of carbonyl (C=O) groups excluding carboxylic acids is 2. The molecular formula is C26H23N3O2. The van der Waals surface area contributed by atoms with Crippen molar-refractivity contribution in [1.82, 2.24) is 4.98 Å². The first-order chi connectivity index (χ1) is 15.1. The van der Waals surface area contributed by atoms with E-state index in [4.69, 9.17) is 0 Å². The van der Waals surface area contributed by atoms with Crippen molar-refractivity contribution >= 4 is 23.2 Å². The predicted octanol–water partition coefficient (Wildman–Crippen LogP) is 4.50. The number of β-lactam (4-membered cyclic amide) rings is 1. The number of benzene rings is 2. The molecule has 1 aliphatic heterocycles. The first kappa shape index (κ1) is 19.1. The summed E-state index contributed by atoms with van der Waals surface area (Å²) in [5, 5.41) is 2.91. The van der Waals surface area contributed by atoms with Crippen LogP contribution < -0.4 is 10.2 Å². The topological polar surface area (TPSA) is 62.3 Å². The number of rotatable bonds is 3. The van der Waals surface area contributed by atoms with Gasteiger partial charge in [-0.3, -0.25) is 9.59 Å². The third kappa shape index (κ3) is 3.69. The van der Waals surface area contributed by atoms with Gasteiger partial charge in [0.05, 0.1) is 5.41 Å². The average Bonchev–Trinajstić information content (AvgIpc) is 2.77. The Morgan fingerprint density at radius 2 is 1.87 bits per heavy atom. The summed E-state index contributed by atoms with van der Waals surface area (Å²) < 4.78 is 0. The van der Waals surface area contributed by atoms with Crippen LogP contribution in [0.5, 0.6) is 0 Å². The number of hydrogen-bond donors (Lipinski definition) is 1. The summed E-state index contributed by atoms with van der Waals surface area (Å²) in [6.45, 7) is 0.795. The normalized spacial score (nSPS) is 16.0. The highest BCUT2D eigenvalue weighted by Crippen LogP contribution is 2.50. The van der Waals surface area contributed by atoms with Gasteiger partial charge in [-0.15, -0.1) is 0 Å². The zero-order valence-electron chi connectivity index (χ0n) is 17.0. The van der Waals surface area contributed by atoms with Gasteiger partial charge >= 0.3 is 0 Å². The van der Waals surface area contributed by atoms with E-state index in [9.17, 15) is 9.59 Å². The molecule has 5 heteroatoms. The zero-order valence-corrected chi connectivity index (χ0v) is 17.0. The number of pyridine rings is 1. The maximum absolute atomic E-state index is 12.7. The minimum atomic E-state index is -0.202. The molecule has 2 aromatic carbocycles. The van der Waals surface area contributed by atoms with E-state index in [1.54, 1.807) is 18.3 Å². The molecule has 1 spiro atoms. The van der Waals surface area contributed by atoms with Crippen LogP contribution in [0.2, 0.25) is 0 Å². The summed E-state index contributed by atoms with van der Waals surface area (Å²) in [5.74, 6) is 6.10. The molecule has 2 fully saturated rings. The fourth-order valence-corrected chi connectivity index (χ4v) is 4.06. The van der Waals surface area contributed by atoms with Gasteiger partial charge in [0, 0.05) is 36.7 Å². The fourth-order valence-electron chi connectivity index (χ4n) is 4.06. The molecule has 0 unspecified atom stereocenters. The van der Waals surface area contributed by atoms with Crippen LogP contribution in [0.15, 0.2) is 72.9 Å². The molecule has 154 valence electrons. The summed E-state index contributed by atoms with van der Waals surface area (Å²) >= 11 is 0. The number of nitrogens with one attached hydrogen (secondary N) is 1. The minimum Gasteiger partial charge on any atom is -0.322 e. The first-order valence-electron chi connectivity index (χ1n) is 10.4. The molecule has 5 nitrogen and oxygen atoms in total. The number of amides is 2. The highest BCUT2D eigenvalue weighted by atomic mass is 16.2. The van der Waals surface area contributed by atoms with Gasteiger partial charge in [0.1, 0.15) is 5.69 Å². The van der Waals surface area contributed by atoms with Crippen molar-refractivity contribution in [3.05, 3.63) is 89.7 Å². The van der Waals surface area contributed by atoms with Crippen molar-refractivity contribution < 1.29 is 11.0 Å². The standard InChI is InChI=1S/C26H21N3O2.H2/c30-24(20-9-12-23(13-10-20)29-18-26(25(29)31)14-4-15-26)28-22-7-3-5-19(17-22)8-11-21-6-1-2-16-27-21;/h1-3,5-7,9-10,12-13,16-17H,4,14-15,18H2,(H,28,30);1H. The van der Waals surface area contributed by atoms with E-state index >= 15 is 0 Å². The summed E-state index contributed by atoms with van der Waals surface area (Å²) in [6, 6.07) is 20.2. The summed E-state index contributed by atoms with van der Waals surface area (Å²) in [7, 11) is 0. The molecule has 1 N–H and O–H groups in total. The molecule has 1 aliphatic carbocycles. The number of carbonyl (C=O) groups is 2. The highest BCUT2D eigenvalue weighted by molar-refractivity contribution is 6.07. The van der Waals surface area contributed by atoms with E-state index in [0.29, 0.717) is 16.9 Å². The van der Waals surface area contributed by atoms with Gasteiger partial charge in [0.15, 0.2) is 0 Å². The number of hydrogen-bond acceptors (Lipinski definition) is 3. The van der Waals surface area contributed by atoms with Crippen LogP contribution in [0, 0.1) is 17.3 Å². The van der Waals surface area contributed by atoms with Crippen molar-refractivity contribution in [2.75, 3.05) is 16.8 Å². The number of nitrogens with zero attached hydrogens (tertiary/aromatic N) is 2. The fraction of sp³-hybridized carbons (Fsp3) is 0.192. The maximum atomic E-state index is 12.7. The third-order valence-electron chi connectivity index (χ3n) is 6.03. The van der Waals surface area contributed by atoms with Crippen LogP contribution in [0.3, 0.4) is 0 Å². The lowest BCUT2D eigenvalue weighted by atomic mass is 9.62. The Morgan fingerprint density at radius 1 is 1.03 bits per heavy atom. The van der Waals surface area contributed by atoms with E-state index in [1.807, 2.05) is 59.5 Å². The Balaban J connectivity index is 0.00000245. The third-order valence-corrected chi connectivity index (χ3v) is 6.03. The number of anilines is 2. The van der Waals surface area contributed by atoms with Gasteiger partial charge in [0.2, 0.25) is 5.91 Å². The van der Waals surface area contributed by atoms with Crippen LogP contribution in [-0.4, -0.2) is 23.3 Å². The Kier molecular flexibility index (Phi) is 4.76. The lowest BCUT2D eigenvalue weighted by Gasteiger charge is -2.54. The van der Waals surface area contributed by atoms with Crippen LogP contribution in [0.1, 0.15) is 42.3 Å². The molecule has 3 aromatic rings. The molecule has 5 rings (SSSR count). The largest absolute Gasteiger partial charge is 0.322 e. The predicted molar refractivity (Wildman–Crippen MR) is 122 cm³/mol. The number of aromatic nitrogens is 1. The SMILES string of the molecule is O=C(Nc1cccc(C#Cc2ccccn2)c1)c1ccc(N2CC3(CCC3)C2=O)cc1.[HH]. The lowest BCUT2D eigenvalue weighted by molar-refractivity contribution is -0.141. The Bertz CT molecular complexity index is 1210. The quantitative estimate of drug-likeness (QED) is 0.512. The van der Waals surface area contributed by atoms with Crippen molar-refractivity contribution in [1.29, 1.82) is 0 Å². The Labute approximate surface area is 182 Å². The summed E-state index contributed by atoms with van der Waals surface area (Å²) in [6.07, 6.45) is 4.87. The second-order valence-corrected chi connectivity index (χ2v) is 8.07. The van der Waals surface area contributed by atoms with Crippen molar-refractivity contribution in [3.63, 3.8) is 0 Å². The van der Waals surface area contributed by atoms with Gasteiger partial charge in [-0.25, -0.2) is 4.98 Å². The van der Waals surface area contributed by atoms with Crippen LogP contribution in [0.4, 0.5) is 11.4 Å². The first-order valence-corrected chi connectivity index (χ1v) is 10.4. The zero-order chi connectivity index (χ0) is 21.3. The Hall–Kier alpha value is -3.91. The summed E-state index contributed by atoms with van der Waals surface area (Å²) in [5.41, 5.74) is 3.47. The average molecular weight is 409 g/mol. The molecule has 2 aliphatic rings. The van der Waals surface area contributed by atoms with E-state index < -0.39 is 0 Å². The van der Waals surface area contributed by atoms with E-state index in [1.165, 1.54) is 0 Å². The molecule has 2 heterocycles. The smallest absolute Gasteiger partial charge is 0.255 e. The molecular weight excluding hydrogens is 386 g/mol. The van der Waals surface area contributed by atoms with Gasteiger partial charge in [-0.05, 0) is 73.4 Å². The van der Waals surface area contributed by atoms with Gasteiger partial charge < -0.3 is 10.2 Å². The van der Waals surface area contributed by atoms with Crippen molar-refractivity contribution in [2.45, 2.75) is 19.3 Å². The molecule has 1 saturated heterocycles. The molecule has 1 saturated carbocycles. The lowest BCUT2D eigenvalue weighted by Crippen LogP contribution is -2.64. The van der Waals surface area contributed by atoms with Gasteiger partial charge in [0.25, 0.3) is 5.91 Å². The molecule has 1 aromatic heterocycles. The molecule has 31 heavy (non-hydrogen) atoms. The minimum absolute atomic E-state index is 0. The second-order valence-electron chi connectivity index (χ2n) is 8.07. The van der Waals surface area contributed by atoms with E-state index in [0.717, 1.165) is 37.1 Å². The molecule has 0 radical (unpaired) electrons. The van der Waals surface area contributed by atoms with Crippen LogP contribution in [-0.2, 0) is 4.79 Å². The van der Waals surface area contributed by atoms with E-state index in [-0.39, 0.29) is 18.7 Å². The highest BCUT2D eigenvalue weighted by Gasteiger charge is 2.55.